The summed E-state index contributed by atoms with van der Waals surface area (Å²) in [7, 11) is 1.61. The Hall–Kier alpha value is -1.61. The third-order valence-corrected chi connectivity index (χ3v) is 7.47. The van der Waals surface area contributed by atoms with Gasteiger partial charge in [0, 0.05) is 21.3 Å². The maximum atomic E-state index is 12.6. The van der Waals surface area contributed by atoms with Crippen LogP contribution in [-0.4, -0.2) is 18.8 Å². The lowest BCUT2D eigenvalue weighted by molar-refractivity contribution is -0.115. The fraction of sp³-hybridized carbons (Fsp3) is 0.174. The van der Waals surface area contributed by atoms with Gasteiger partial charge in [0.2, 0.25) is 5.91 Å². The third-order valence-electron chi connectivity index (χ3n) is 4.84. The van der Waals surface area contributed by atoms with E-state index in [-0.39, 0.29) is 11.3 Å². The zero-order chi connectivity index (χ0) is 22.0. The van der Waals surface area contributed by atoms with E-state index >= 15 is 0 Å². The van der Waals surface area contributed by atoms with Crippen LogP contribution in [0.2, 0.25) is 10.0 Å². The van der Waals surface area contributed by atoms with E-state index in [0.29, 0.717) is 33.9 Å². The Bertz CT molecular complexity index is 1110. The smallest absolute Gasteiger partial charge is 0.238 e. The minimum Gasteiger partial charge on any atom is -0.493 e. The number of benzene rings is 3. The van der Waals surface area contributed by atoms with Crippen LogP contribution in [0.4, 0.5) is 5.69 Å². The summed E-state index contributed by atoms with van der Waals surface area (Å²) in [5, 5.41) is 1.14. The van der Waals surface area contributed by atoms with Crippen molar-refractivity contribution in [1.82, 2.24) is 0 Å². The number of methoxy groups -OCH3 is 1. The number of halogens is 3. The minimum absolute atomic E-state index is 0.0605. The highest BCUT2D eigenvalue weighted by molar-refractivity contribution is 14.1. The maximum absolute atomic E-state index is 12.6. The number of hydrogen-bond donors (Lipinski definition) is 0. The maximum Gasteiger partial charge on any atom is 0.238 e. The number of amides is 1. The standard InChI is InChI=1S/C23H18Cl2INO3S/c1-29-20-11-15(10-19(26)22(20)30-12-14-4-2-3-5-18(14)25)23-27(21(28)13-31-23)17-8-6-16(24)7-9-17/h2-11,23H,12-13H2,1H3/t23-/m0/s1. The molecular formula is C23H18Cl2INO3S. The Balaban J connectivity index is 1.63. The summed E-state index contributed by atoms with van der Waals surface area (Å²) < 4.78 is 12.6. The van der Waals surface area contributed by atoms with Crippen LogP contribution in [-0.2, 0) is 11.4 Å². The van der Waals surface area contributed by atoms with Crippen LogP contribution in [0.3, 0.4) is 0 Å². The number of nitrogens with zero attached hydrogens (tertiary/aromatic N) is 1. The van der Waals surface area contributed by atoms with E-state index in [4.69, 9.17) is 32.7 Å². The number of rotatable bonds is 6. The quantitative estimate of drug-likeness (QED) is 0.293. The molecule has 0 unspecified atom stereocenters. The first kappa shape index (κ1) is 22.6. The van der Waals surface area contributed by atoms with Gasteiger partial charge in [0.05, 0.1) is 16.4 Å². The minimum atomic E-state index is -0.159. The van der Waals surface area contributed by atoms with Crippen molar-refractivity contribution in [3.63, 3.8) is 0 Å². The van der Waals surface area contributed by atoms with Gasteiger partial charge in [0.25, 0.3) is 0 Å². The van der Waals surface area contributed by atoms with Crippen LogP contribution >= 0.6 is 57.6 Å². The summed E-state index contributed by atoms with van der Waals surface area (Å²) in [6.07, 6.45) is 0. The highest BCUT2D eigenvalue weighted by atomic mass is 127. The summed E-state index contributed by atoms with van der Waals surface area (Å²) in [5.74, 6) is 1.74. The van der Waals surface area contributed by atoms with E-state index in [2.05, 4.69) is 22.6 Å². The van der Waals surface area contributed by atoms with Crippen molar-refractivity contribution < 1.29 is 14.3 Å². The molecule has 0 N–H and O–H groups in total. The Morgan fingerprint density at radius 3 is 2.58 bits per heavy atom. The molecule has 3 aromatic rings. The zero-order valence-electron chi connectivity index (χ0n) is 16.5. The molecule has 0 spiro atoms. The molecule has 1 atom stereocenters. The fourth-order valence-corrected chi connectivity index (χ4v) is 5.59. The first-order chi connectivity index (χ1) is 15.0. The largest absolute Gasteiger partial charge is 0.493 e. The van der Waals surface area contributed by atoms with E-state index in [0.717, 1.165) is 20.4 Å². The van der Waals surface area contributed by atoms with Gasteiger partial charge in [0.1, 0.15) is 12.0 Å². The van der Waals surface area contributed by atoms with Crippen molar-refractivity contribution in [3.8, 4) is 11.5 Å². The first-order valence-electron chi connectivity index (χ1n) is 9.41. The summed E-state index contributed by atoms with van der Waals surface area (Å²) in [4.78, 5) is 14.4. The monoisotopic (exact) mass is 585 g/mol. The van der Waals surface area contributed by atoms with Crippen LogP contribution in [0.15, 0.2) is 60.7 Å². The van der Waals surface area contributed by atoms with Crippen molar-refractivity contribution in [2.24, 2.45) is 0 Å². The van der Waals surface area contributed by atoms with Gasteiger partial charge in [-0.1, -0.05) is 41.4 Å². The van der Waals surface area contributed by atoms with Gasteiger partial charge in [-0.15, -0.1) is 11.8 Å². The van der Waals surface area contributed by atoms with E-state index in [1.165, 1.54) is 0 Å². The molecule has 0 aromatic heterocycles. The van der Waals surface area contributed by atoms with Crippen LogP contribution in [0.25, 0.3) is 0 Å². The highest BCUT2D eigenvalue weighted by Gasteiger charge is 2.35. The van der Waals surface area contributed by atoms with Crippen LogP contribution in [0.1, 0.15) is 16.5 Å². The fourth-order valence-electron chi connectivity index (χ4n) is 3.34. The molecule has 1 aliphatic heterocycles. The molecule has 3 aromatic carbocycles. The van der Waals surface area contributed by atoms with Gasteiger partial charge < -0.3 is 9.47 Å². The second kappa shape index (κ2) is 9.90. The van der Waals surface area contributed by atoms with E-state index < -0.39 is 0 Å². The molecule has 1 heterocycles. The molecule has 0 aliphatic carbocycles. The van der Waals surface area contributed by atoms with Crippen molar-refractivity contribution in [3.05, 3.63) is 85.4 Å². The Labute approximate surface area is 209 Å². The van der Waals surface area contributed by atoms with Crippen molar-refractivity contribution in [2.75, 3.05) is 17.8 Å². The number of ether oxygens (including phenoxy) is 2. The Morgan fingerprint density at radius 1 is 1.13 bits per heavy atom. The van der Waals surface area contributed by atoms with Crippen LogP contribution in [0.5, 0.6) is 11.5 Å². The molecule has 1 aliphatic rings. The predicted molar refractivity (Wildman–Crippen MR) is 136 cm³/mol. The molecule has 0 radical (unpaired) electrons. The molecule has 4 nitrogen and oxygen atoms in total. The number of carbonyl (C=O) groups excluding carboxylic acids is 1. The number of hydrogen-bond acceptors (Lipinski definition) is 4. The molecule has 31 heavy (non-hydrogen) atoms. The normalized spacial score (nSPS) is 15.9. The molecule has 1 saturated heterocycles. The first-order valence-corrected chi connectivity index (χ1v) is 12.3. The van der Waals surface area contributed by atoms with Crippen LogP contribution in [0, 0.1) is 3.57 Å². The van der Waals surface area contributed by atoms with E-state index in [1.54, 1.807) is 35.9 Å². The molecule has 0 bridgehead atoms. The molecule has 1 amide bonds. The van der Waals surface area contributed by atoms with Gasteiger partial charge in [-0.2, -0.15) is 0 Å². The Morgan fingerprint density at radius 2 is 1.87 bits per heavy atom. The topological polar surface area (TPSA) is 38.8 Å². The molecule has 160 valence electrons. The average molecular weight is 586 g/mol. The third kappa shape index (κ3) is 4.92. The van der Waals surface area contributed by atoms with Gasteiger partial charge >= 0.3 is 0 Å². The van der Waals surface area contributed by atoms with Gasteiger partial charge in [-0.25, -0.2) is 0 Å². The summed E-state index contributed by atoms with van der Waals surface area (Å²) >= 11 is 16.1. The lowest BCUT2D eigenvalue weighted by atomic mass is 10.1. The summed E-state index contributed by atoms with van der Waals surface area (Å²) in [6.45, 7) is 0.332. The molecule has 8 heteroatoms. The van der Waals surface area contributed by atoms with Gasteiger partial charge in [-0.05, 0) is 70.6 Å². The lowest BCUT2D eigenvalue weighted by Crippen LogP contribution is -2.27. The van der Waals surface area contributed by atoms with Gasteiger partial charge in [0.15, 0.2) is 11.5 Å². The van der Waals surface area contributed by atoms with Crippen molar-refractivity contribution >= 4 is 69.1 Å². The highest BCUT2D eigenvalue weighted by Crippen LogP contribution is 2.45. The Kier molecular flexibility index (Phi) is 7.21. The second-order valence-electron chi connectivity index (χ2n) is 6.82. The second-order valence-corrected chi connectivity index (χ2v) is 9.89. The SMILES string of the molecule is COc1cc([C@@H]2SCC(=O)N2c2ccc(Cl)cc2)cc(I)c1OCc1ccccc1Cl. The van der Waals surface area contributed by atoms with E-state index in [9.17, 15) is 4.79 Å². The van der Waals surface area contributed by atoms with Crippen molar-refractivity contribution in [2.45, 2.75) is 12.0 Å². The van der Waals surface area contributed by atoms with Crippen LogP contribution < -0.4 is 14.4 Å². The summed E-state index contributed by atoms with van der Waals surface area (Å²) in [5.41, 5.74) is 2.69. The molecule has 0 saturated carbocycles. The number of carbonyl (C=O) groups is 1. The average Bonchev–Trinajstić information content (AvgIpc) is 3.15. The van der Waals surface area contributed by atoms with Crippen molar-refractivity contribution in [1.29, 1.82) is 0 Å². The summed E-state index contributed by atoms with van der Waals surface area (Å²) in [6, 6.07) is 18.9. The lowest BCUT2D eigenvalue weighted by Gasteiger charge is -2.25. The molecule has 1 fully saturated rings. The zero-order valence-corrected chi connectivity index (χ0v) is 21.0. The van der Waals surface area contributed by atoms with E-state index in [1.807, 2.05) is 48.5 Å². The molecule has 4 rings (SSSR count). The van der Waals surface area contributed by atoms with Gasteiger partial charge in [-0.3, -0.25) is 9.69 Å². The predicted octanol–water partition coefficient (Wildman–Crippen LogP) is 6.96. The number of thioether (sulfide) groups is 1. The molecular weight excluding hydrogens is 568 g/mol. The number of anilines is 1.